The summed E-state index contributed by atoms with van der Waals surface area (Å²) in [6.07, 6.45) is 0. The lowest BCUT2D eigenvalue weighted by atomic mass is 10.3. The highest BCUT2D eigenvalue weighted by Gasteiger charge is 1.97. The second-order valence-corrected chi connectivity index (χ2v) is 4.25. The van der Waals surface area contributed by atoms with Gasteiger partial charge in [-0.1, -0.05) is 6.07 Å². The van der Waals surface area contributed by atoms with Gasteiger partial charge in [0, 0.05) is 16.4 Å². The monoisotopic (exact) mass is 334 g/mol. The Balaban J connectivity index is 2.59. The van der Waals surface area contributed by atoms with E-state index in [2.05, 4.69) is 38.3 Å². The molecule has 0 radical (unpaired) electrons. The summed E-state index contributed by atoms with van der Waals surface area (Å²) in [5.41, 5.74) is 3.46. The van der Waals surface area contributed by atoms with Crippen molar-refractivity contribution in [2.24, 2.45) is 10.8 Å². The molecule has 0 aliphatic heterocycles. The van der Waals surface area contributed by atoms with E-state index in [1.807, 2.05) is 24.3 Å². The second kappa shape index (κ2) is 7.42. The smallest absolute Gasteiger partial charge is 0.210 e. The van der Waals surface area contributed by atoms with Crippen LogP contribution in [0.5, 0.6) is 0 Å². The van der Waals surface area contributed by atoms with E-state index in [1.54, 1.807) is 7.11 Å². The van der Waals surface area contributed by atoms with Gasteiger partial charge < -0.3 is 10.1 Å². The zero-order valence-electron chi connectivity index (χ0n) is 9.03. The number of anilines is 1. The SMILES string of the molecule is COCCN=C(NN)Nc1cccc(I)c1. The fourth-order valence-electron chi connectivity index (χ4n) is 1.07. The number of hydrazine groups is 1. The number of aliphatic imine (C=N–C) groups is 1. The molecule has 0 saturated heterocycles. The van der Waals surface area contributed by atoms with Crippen LogP contribution in [0.2, 0.25) is 0 Å². The Morgan fingerprint density at radius 1 is 1.56 bits per heavy atom. The minimum absolute atomic E-state index is 0.527. The van der Waals surface area contributed by atoms with E-state index in [0.29, 0.717) is 19.1 Å². The van der Waals surface area contributed by atoms with Crippen molar-refractivity contribution in [3.05, 3.63) is 27.8 Å². The molecular formula is C10H15IN4O. The molecule has 0 unspecified atom stereocenters. The molecular weight excluding hydrogens is 319 g/mol. The van der Waals surface area contributed by atoms with E-state index in [-0.39, 0.29) is 0 Å². The van der Waals surface area contributed by atoms with Gasteiger partial charge in [0.25, 0.3) is 0 Å². The van der Waals surface area contributed by atoms with Gasteiger partial charge in [-0.25, -0.2) is 10.8 Å². The van der Waals surface area contributed by atoms with Gasteiger partial charge in [0.2, 0.25) is 5.96 Å². The fraction of sp³-hybridized carbons (Fsp3) is 0.300. The third kappa shape index (κ3) is 4.77. The van der Waals surface area contributed by atoms with E-state index in [0.717, 1.165) is 9.26 Å². The van der Waals surface area contributed by atoms with Crippen LogP contribution in [0.25, 0.3) is 0 Å². The number of benzene rings is 1. The second-order valence-electron chi connectivity index (χ2n) is 3.00. The Bertz CT molecular complexity index is 356. The third-order valence-electron chi connectivity index (χ3n) is 1.79. The highest BCUT2D eigenvalue weighted by Crippen LogP contribution is 2.11. The molecule has 0 aromatic heterocycles. The standard InChI is InChI=1S/C10H15IN4O/c1-16-6-5-13-10(15-12)14-9-4-2-3-8(11)7-9/h2-4,7H,5-6,12H2,1H3,(H2,13,14,15). The average Bonchev–Trinajstić information content (AvgIpc) is 2.28. The molecule has 16 heavy (non-hydrogen) atoms. The molecule has 0 aliphatic carbocycles. The van der Waals surface area contributed by atoms with E-state index in [9.17, 15) is 0 Å². The molecule has 0 saturated carbocycles. The molecule has 4 N–H and O–H groups in total. The first-order valence-corrected chi connectivity index (χ1v) is 5.86. The van der Waals surface area contributed by atoms with Gasteiger partial charge in [-0.3, -0.25) is 5.43 Å². The summed E-state index contributed by atoms with van der Waals surface area (Å²) in [7, 11) is 1.64. The molecule has 0 bridgehead atoms. The lowest BCUT2D eigenvalue weighted by molar-refractivity contribution is 0.208. The number of hydrogen-bond donors (Lipinski definition) is 3. The lowest BCUT2D eigenvalue weighted by Crippen LogP contribution is -2.36. The normalized spacial score (nSPS) is 11.3. The minimum atomic E-state index is 0.527. The fourth-order valence-corrected chi connectivity index (χ4v) is 1.62. The zero-order valence-corrected chi connectivity index (χ0v) is 11.2. The summed E-state index contributed by atoms with van der Waals surface area (Å²) >= 11 is 2.25. The summed E-state index contributed by atoms with van der Waals surface area (Å²) in [5, 5.41) is 3.08. The number of guanidine groups is 1. The number of methoxy groups -OCH3 is 1. The number of rotatable bonds is 4. The Kier molecular flexibility index (Phi) is 6.12. The number of halogens is 1. The van der Waals surface area contributed by atoms with Crippen LogP contribution in [0.1, 0.15) is 0 Å². The van der Waals surface area contributed by atoms with Gasteiger partial charge in [-0.15, -0.1) is 0 Å². The van der Waals surface area contributed by atoms with Crippen LogP contribution >= 0.6 is 22.6 Å². The number of nitrogens with zero attached hydrogens (tertiary/aromatic N) is 1. The van der Waals surface area contributed by atoms with Gasteiger partial charge in [0.15, 0.2) is 0 Å². The average molecular weight is 334 g/mol. The molecule has 0 heterocycles. The maximum absolute atomic E-state index is 5.35. The maximum atomic E-state index is 5.35. The van der Waals surface area contributed by atoms with Crippen molar-refractivity contribution in [1.29, 1.82) is 0 Å². The van der Waals surface area contributed by atoms with Crippen LogP contribution in [0.3, 0.4) is 0 Å². The molecule has 0 fully saturated rings. The summed E-state index contributed by atoms with van der Waals surface area (Å²) in [6.45, 7) is 1.13. The number of nitrogens with two attached hydrogens (primary N) is 1. The van der Waals surface area contributed by atoms with Crippen molar-refractivity contribution in [3.8, 4) is 0 Å². The zero-order chi connectivity index (χ0) is 11.8. The molecule has 0 atom stereocenters. The van der Waals surface area contributed by atoms with Crippen LogP contribution in [0.15, 0.2) is 29.3 Å². The molecule has 88 valence electrons. The summed E-state index contributed by atoms with van der Waals surface area (Å²) in [6, 6.07) is 7.94. The van der Waals surface area contributed by atoms with Gasteiger partial charge in [0.1, 0.15) is 0 Å². The molecule has 1 aromatic rings. The molecule has 1 rings (SSSR count). The predicted octanol–water partition coefficient (Wildman–Crippen LogP) is 1.17. The van der Waals surface area contributed by atoms with Crippen LogP contribution in [0, 0.1) is 3.57 Å². The van der Waals surface area contributed by atoms with Gasteiger partial charge >= 0.3 is 0 Å². The van der Waals surface area contributed by atoms with Crippen molar-refractivity contribution in [2.45, 2.75) is 0 Å². The van der Waals surface area contributed by atoms with E-state index in [1.165, 1.54) is 0 Å². The molecule has 0 spiro atoms. The van der Waals surface area contributed by atoms with Crippen LogP contribution in [-0.4, -0.2) is 26.2 Å². The number of ether oxygens (including phenoxy) is 1. The largest absolute Gasteiger partial charge is 0.383 e. The van der Waals surface area contributed by atoms with E-state index in [4.69, 9.17) is 10.6 Å². The lowest BCUT2D eigenvalue weighted by Gasteiger charge is -2.09. The van der Waals surface area contributed by atoms with Gasteiger partial charge in [0.05, 0.1) is 13.2 Å². The first kappa shape index (κ1) is 13.2. The van der Waals surface area contributed by atoms with Gasteiger partial charge in [-0.2, -0.15) is 0 Å². The van der Waals surface area contributed by atoms with Crippen molar-refractivity contribution in [1.82, 2.24) is 5.43 Å². The number of hydrogen-bond acceptors (Lipinski definition) is 3. The van der Waals surface area contributed by atoms with Crippen molar-refractivity contribution in [2.75, 3.05) is 25.6 Å². The summed E-state index contributed by atoms with van der Waals surface area (Å²) in [5.74, 6) is 5.88. The predicted molar refractivity (Wildman–Crippen MR) is 74.3 cm³/mol. The minimum Gasteiger partial charge on any atom is -0.383 e. The van der Waals surface area contributed by atoms with E-state index < -0.39 is 0 Å². The maximum Gasteiger partial charge on any atom is 0.210 e. The molecule has 1 aromatic carbocycles. The quantitative estimate of drug-likeness (QED) is 0.193. The Morgan fingerprint density at radius 2 is 2.38 bits per heavy atom. The summed E-state index contributed by atoms with van der Waals surface area (Å²) in [4.78, 5) is 4.20. The summed E-state index contributed by atoms with van der Waals surface area (Å²) < 4.78 is 6.05. The molecule has 0 amide bonds. The van der Waals surface area contributed by atoms with Gasteiger partial charge in [-0.05, 0) is 40.8 Å². The topological polar surface area (TPSA) is 71.7 Å². The molecule has 6 heteroatoms. The third-order valence-corrected chi connectivity index (χ3v) is 2.46. The van der Waals surface area contributed by atoms with Crippen LogP contribution < -0.4 is 16.6 Å². The van der Waals surface area contributed by atoms with Crippen molar-refractivity contribution >= 4 is 34.2 Å². The highest BCUT2D eigenvalue weighted by atomic mass is 127. The van der Waals surface area contributed by atoms with E-state index >= 15 is 0 Å². The Hall–Kier alpha value is -0.860. The van der Waals surface area contributed by atoms with Crippen molar-refractivity contribution in [3.63, 3.8) is 0 Å². The molecule has 0 aliphatic rings. The molecule has 5 nitrogen and oxygen atoms in total. The van der Waals surface area contributed by atoms with Crippen molar-refractivity contribution < 1.29 is 4.74 Å². The van der Waals surface area contributed by atoms with Crippen LogP contribution in [-0.2, 0) is 4.74 Å². The first-order valence-electron chi connectivity index (χ1n) is 4.79. The highest BCUT2D eigenvalue weighted by molar-refractivity contribution is 14.1. The first-order chi connectivity index (χ1) is 7.76. The van der Waals surface area contributed by atoms with Crippen LogP contribution in [0.4, 0.5) is 5.69 Å². The Labute approximate surface area is 109 Å². The Morgan fingerprint density at radius 3 is 3.00 bits per heavy atom. The number of nitrogens with one attached hydrogen (secondary N) is 2.